The highest BCUT2D eigenvalue weighted by Gasteiger charge is 2.34. The van der Waals surface area contributed by atoms with Crippen molar-refractivity contribution in [3.8, 4) is 0 Å². The standard InChI is InChI=1S/C6H5NO5/c8-3-1-2-4(9)7(3)5(10)6(11)12/h1-2,5,10H,(H,11,12)/t5-/m1/s1. The lowest BCUT2D eigenvalue weighted by atomic mass is 10.4. The summed E-state index contributed by atoms with van der Waals surface area (Å²) in [5.74, 6) is -3.29. The molecule has 1 atom stereocenters. The van der Waals surface area contributed by atoms with Crippen molar-refractivity contribution in [3.63, 3.8) is 0 Å². The van der Waals surface area contributed by atoms with E-state index in [1.54, 1.807) is 0 Å². The van der Waals surface area contributed by atoms with E-state index in [-0.39, 0.29) is 4.90 Å². The topological polar surface area (TPSA) is 94.9 Å². The Bertz CT molecular complexity index is 264. The quantitative estimate of drug-likeness (QED) is 0.483. The van der Waals surface area contributed by atoms with Gasteiger partial charge in [0.25, 0.3) is 11.8 Å². The maximum atomic E-state index is 10.7. The van der Waals surface area contributed by atoms with E-state index in [0.717, 1.165) is 12.2 Å². The zero-order valence-electron chi connectivity index (χ0n) is 5.80. The number of carboxylic acid groups (broad SMARTS) is 1. The number of aliphatic carboxylic acids is 1. The summed E-state index contributed by atoms with van der Waals surface area (Å²) in [6, 6.07) is 0. The van der Waals surface area contributed by atoms with Gasteiger partial charge in [-0.2, -0.15) is 0 Å². The van der Waals surface area contributed by atoms with Crippen molar-refractivity contribution >= 4 is 17.8 Å². The third-order valence-corrected chi connectivity index (χ3v) is 1.31. The van der Waals surface area contributed by atoms with Gasteiger partial charge in [0.05, 0.1) is 0 Å². The van der Waals surface area contributed by atoms with Crippen LogP contribution < -0.4 is 0 Å². The number of carbonyl (C=O) groups excluding carboxylic acids is 2. The summed E-state index contributed by atoms with van der Waals surface area (Å²) in [6.07, 6.45) is -0.303. The second kappa shape index (κ2) is 2.74. The molecule has 2 N–H and O–H groups in total. The highest BCUT2D eigenvalue weighted by molar-refractivity contribution is 6.14. The minimum atomic E-state index is -2.10. The molecule has 0 saturated heterocycles. The first-order valence-electron chi connectivity index (χ1n) is 3.00. The van der Waals surface area contributed by atoms with E-state index < -0.39 is 24.0 Å². The number of aliphatic hydroxyl groups is 1. The third kappa shape index (κ3) is 1.19. The van der Waals surface area contributed by atoms with Crippen LogP contribution >= 0.6 is 0 Å². The molecular formula is C6H5NO5. The molecule has 0 fully saturated rings. The first kappa shape index (κ1) is 8.41. The molecule has 64 valence electrons. The molecule has 0 spiro atoms. The largest absolute Gasteiger partial charge is 0.478 e. The third-order valence-electron chi connectivity index (χ3n) is 1.31. The average Bonchev–Trinajstić information content (AvgIpc) is 2.30. The first-order valence-corrected chi connectivity index (χ1v) is 3.00. The minimum Gasteiger partial charge on any atom is -0.478 e. The monoisotopic (exact) mass is 171 g/mol. The molecule has 12 heavy (non-hydrogen) atoms. The number of carboxylic acids is 1. The van der Waals surface area contributed by atoms with Crippen molar-refractivity contribution in [1.82, 2.24) is 4.90 Å². The first-order chi connectivity index (χ1) is 5.54. The van der Waals surface area contributed by atoms with Crippen LogP contribution in [0, 0.1) is 0 Å². The number of hydrogen-bond donors (Lipinski definition) is 2. The maximum absolute atomic E-state index is 10.7. The molecule has 1 aliphatic heterocycles. The average molecular weight is 171 g/mol. The summed E-state index contributed by atoms with van der Waals surface area (Å²) in [7, 11) is 0. The number of imide groups is 1. The van der Waals surface area contributed by atoms with Crippen LogP contribution in [0.4, 0.5) is 0 Å². The van der Waals surface area contributed by atoms with E-state index in [4.69, 9.17) is 10.2 Å². The van der Waals surface area contributed by atoms with Gasteiger partial charge in [0.2, 0.25) is 6.23 Å². The Kier molecular flexibility index (Phi) is 1.92. The summed E-state index contributed by atoms with van der Waals surface area (Å²) in [4.78, 5) is 31.9. The Morgan fingerprint density at radius 2 is 1.75 bits per heavy atom. The minimum absolute atomic E-state index is 0.252. The van der Waals surface area contributed by atoms with E-state index >= 15 is 0 Å². The van der Waals surface area contributed by atoms with Gasteiger partial charge in [-0.15, -0.1) is 0 Å². The molecule has 1 heterocycles. The van der Waals surface area contributed by atoms with E-state index in [0.29, 0.717) is 0 Å². The molecule has 0 aromatic carbocycles. The Balaban J connectivity index is 2.83. The van der Waals surface area contributed by atoms with Crippen LogP contribution in [-0.2, 0) is 14.4 Å². The molecule has 0 bridgehead atoms. The number of nitrogens with zero attached hydrogens (tertiary/aromatic N) is 1. The van der Waals surface area contributed by atoms with Gasteiger partial charge in [-0.1, -0.05) is 0 Å². The maximum Gasteiger partial charge on any atom is 0.354 e. The molecule has 0 unspecified atom stereocenters. The van der Waals surface area contributed by atoms with Gasteiger partial charge < -0.3 is 10.2 Å². The summed E-state index contributed by atoms with van der Waals surface area (Å²) in [5, 5.41) is 17.1. The van der Waals surface area contributed by atoms with Gasteiger partial charge in [0, 0.05) is 12.2 Å². The number of hydrogen-bond acceptors (Lipinski definition) is 4. The van der Waals surface area contributed by atoms with Crippen molar-refractivity contribution in [2.45, 2.75) is 6.23 Å². The number of amides is 2. The molecule has 2 amide bonds. The number of aliphatic hydroxyl groups excluding tert-OH is 1. The molecule has 0 aliphatic carbocycles. The zero-order valence-corrected chi connectivity index (χ0v) is 5.80. The summed E-state index contributed by atoms with van der Waals surface area (Å²) in [5.41, 5.74) is 0. The lowest BCUT2D eigenvalue weighted by molar-refractivity contribution is -0.167. The summed E-state index contributed by atoms with van der Waals surface area (Å²) < 4.78 is 0. The molecule has 0 aromatic rings. The van der Waals surface area contributed by atoms with Crippen LogP contribution in [0.25, 0.3) is 0 Å². The molecular weight excluding hydrogens is 166 g/mol. The van der Waals surface area contributed by atoms with Gasteiger partial charge in [-0.05, 0) is 0 Å². The van der Waals surface area contributed by atoms with Gasteiger partial charge in [0.1, 0.15) is 0 Å². The van der Waals surface area contributed by atoms with Crippen molar-refractivity contribution in [3.05, 3.63) is 12.2 Å². The molecule has 0 saturated carbocycles. The van der Waals surface area contributed by atoms with E-state index in [2.05, 4.69) is 0 Å². The zero-order chi connectivity index (χ0) is 9.30. The Hall–Kier alpha value is -1.69. The smallest absolute Gasteiger partial charge is 0.354 e. The van der Waals surface area contributed by atoms with Gasteiger partial charge in [0.15, 0.2) is 0 Å². The Labute approximate surface area is 66.7 Å². The normalized spacial score (nSPS) is 18.6. The predicted molar refractivity (Wildman–Crippen MR) is 34.6 cm³/mol. The SMILES string of the molecule is O=C(O)[C@@H](O)N1C(=O)C=CC1=O. The van der Waals surface area contributed by atoms with Gasteiger partial charge in [-0.3, -0.25) is 9.59 Å². The van der Waals surface area contributed by atoms with Crippen molar-refractivity contribution in [2.24, 2.45) is 0 Å². The molecule has 0 aromatic heterocycles. The molecule has 6 nitrogen and oxygen atoms in total. The van der Waals surface area contributed by atoms with Crippen molar-refractivity contribution in [2.75, 3.05) is 0 Å². The van der Waals surface area contributed by atoms with Crippen LogP contribution in [0.1, 0.15) is 0 Å². The lowest BCUT2D eigenvalue weighted by Crippen LogP contribution is -2.44. The van der Waals surface area contributed by atoms with Crippen LogP contribution in [0.3, 0.4) is 0 Å². The number of rotatable bonds is 2. The second-order valence-electron chi connectivity index (χ2n) is 2.09. The van der Waals surface area contributed by atoms with Gasteiger partial charge in [-0.25, -0.2) is 9.69 Å². The number of carbonyl (C=O) groups is 3. The highest BCUT2D eigenvalue weighted by atomic mass is 16.4. The fourth-order valence-corrected chi connectivity index (χ4v) is 0.763. The molecule has 0 radical (unpaired) electrons. The van der Waals surface area contributed by atoms with Crippen LogP contribution in [0.15, 0.2) is 12.2 Å². The van der Waals surface area contributed by atoms with E-state index in [1.807, 2.05) is 0 Å². The summed E-state index contributed by atoms with van der Waals surface area (Å²) >= 11 is 0. The molecule has 1 rings (SSSR count). The van der Waals surface area contributed by atoms with Crippen LogP contribution in [-0.4, -0.2) is 39.1 Å². The molecule has 1 aliphatic rings. The summed E-state index contributed by atoms with van der Waals surface area (Å²) in [6.45, 7) is 0. The molecule has 6 heteroatoms. The van der Waals surface area contributed by atoms with Crippen LogP contribution in [0.5, 0.6) is 0 Å². The van der Waals surface area contributed by atoms with Crippen molar-refractivity contribution in [1.29, 1.82) is 0 Å². The van der Waals surface area contributed by atoms with E-state index in [1.165, 1.54) is 0 Å². The predicted octanol–water partition coefficient (Wildman–Crippen LogP) is -1.69. The van der Waals surface area contributed by atoms with Gasteiger partial charge >= 0.3 is 5.97 Å². The highest BCUT2D eigenvalue weighted by Crippen LogP contribution is 2.06. The fraction of sp³-hybridized carbons (Fsp3) is 0.167. The van der Waals surface area contributed by atoms with Crippen LogP contribution in [0.2, 0.25) is 0 Å². The fourth-order valence-electron chi connectivity index (χ4n) is 0.763. The lowest BCUT2D eigenvalue weighted by Gasteiger charge is -2.16. The Morgan fingerprint density at radius 1 is 1.33 bits per heavy atom. The Morgan fingerprint density at radius 3 is 2.08 bits per heavy atom. The van der Waals surface area contributed by atoms with E-state index in [9.17, 15) is 14.4 Å². The van der Waals surface area contributed by atoms with Crippen molar-refractivity contribution < 1.29 is 24.6 Å². The second-order valence-corrected chi connectivity index (χ2v) is 2.09.